The van der Waals surface area contributed by atoms with Gasteiger partial charge in [-0.25, -0.2) is 15.0 Å². The molecule has 5 heteroatoms. The van der Waals surface area contributed by atoms with Gasteiger partial charge in [0, 0.05) is 6.04 Å². The molecule has 0 bridgehead atoms. The van der Waals surface area contributed by atoms with Crippen molar-refractivity contribution in [2.75, 3.05) is 5.32 Å². The summed E-state index contributed by atoms with van der Waals surface area (Å²) in [5.74, 6) is 0.872. The van der Waals surface area contributed by atoms with Gasteiger partial charge in [-0.05, 0) is 19.3 Å². The SMILES string of the molecule is c1nc(NC2CCC2)c2[nH]cnc2n1. The lowest BCUT2D eigenvalue weighted by Crippen LogP contribution is -2.27. The molecular weight excluding hydrogens is 178 g/mol. The third kappa shape index (κ3) is 1.13. The van der Waals surface area contributed by atoms with E-state index >= 15 is 0 Å². The summed E-state index contributed by atoms with van der Waals surface area (Å²) in [5, 5.41) is 3.39. The van der Waals surface area contributed by atoms with Crippen molar-refractivity contribution in [1.29, 1.82) is 0 Å². The first-order valence-corrected chi connectivity index (χ1v) is 4.84. The number of imidazole rings is 1. The highest BCUT2D eigenvalue weighted by molar-refractivity contribution is 5.82. The van der Waals surface area contributed by atoms with Crippen LogP contribution in [0.3, 0.4) is 0 Å². The number of aromatic amines is 1. The highest BCUT2D eigenvalue weighted by atomic mass is 15.1. The topological polar surface area (TPSA) is 66.5 Å². The van der Waals surface area contributed by atoms with E-state index in [-0.39, 0.29) is 0 Å². The van der Waals surface area contributed by atoms with Crippen LogP contribution >= 0.6 is 0 Å². The highest BCUT2D eigenvalue weighted by Crippen LogP contribution is 2.24. The fourth-order valence-corrected chi connectivity index (χ4v) is 1.62. The van der Waals surface area contributed by atoms with Crippen LogP contribution in [0.25, 0.3) is 11.2 Å². The van der Waals surface area contributed by atoms with Gasteiger partial charge >= 0.3 is 0 Å². The van der Waals surface area contributed by atoms with Crippen molar-refractivity contribution >= 4 is 17.0 Å². The second-order valence-electron chi connectivity index (χ2n) is 3.60. The summed E-state index contributed by atoms with van der Waals surface area (Å²) in [6.45, 7) is 0. The normalized spacial score (nSPS) is 16.9. The Balaban J connectivity index is 1.97. The Morgan fingerprint density at radius 3 is 3.00 bits per heavy atom. The van der Waals surface area contributed by atoms with Crippen LogP contribution in [-0.4, -0.2) is 26.0 Å². The van der Waals surface area contributed by atoms with Gasteiger partial charge in [-0.3, -0.25) is 0 Å². The lowest BCUT2D eigenvalue weighted by molar-refractivity contribution is 0.444. The predicted octanol–water partition coefficient (Wildman–Crippen LogP) is 1.32. The van der Waals surface area contributed by atoms with Gasteiger partial charge in [-0.1, -0.05) is 0 Å². The monoisotopic (exact) mass is 189 g/mol. The number of H-pyrrole nitrogens is 1. The fourth-order valence-electron chi connectivity index (χ4n) is 1.62. The van der Waals surface area contributed by atoms with Gasteiger partial charge in [0.15, 0.2) is 11.5 Å². The molecule has 1 saturated carbocycles. The quantitative estimate of drug-likeness (QED) is 0.747. The minimum atomic E-state index is 0.580. The van der Waals surface area contributed by atoms with E-state index < -0.39 is 0 Å². The summed E-state index contributed by atoms with van der Waals surface area (Å²) in [6, 6.07) is 0.580. The lowest BCUT2D eigenvalue weighted by Gasteiger charge is -2.26. The van der Waals surface area contributed by atoms with Crippen LogP contribution in [0.1, 0.15) is 19.3 Å². The molecule has 5 nitrogen and oxygen atoms in total. The van der Waals surface area contributed by atoms with E-state index in [0.717, 1.165) is 17.0 Å². The first-order chi connectivity index (χ1) is 6.93. The Labute approximate surface area is 81.0 Å². The molecule has 0 aromatic carbocycles. The predicted molar refractivity (Wildman–Crippen MR) is 52.9 cm³/mol. The standard InChI is InChI=1S/C9H11N5/c1-2-6(3-1)14-9-7-8(11-4-10-7)12-5-13-9/h4-6H,1-3H2,(H2,10,11,12,13,14). The summed E-state index contributed by atoms with van der Waals surface area (Å²) in [4.78, 5) is 15.4. The molecule has 1 aliphatic carbocycles. The number of hydrogen-bond acceptors (Lipinski definition) is 4. The van der Waals surface area contributed by atoms with E-state index in [4.69, 9.17) is 0 Å². The third-order valence-electron chi connectivity index (χ3n) is 2.67. The maximum atomic E-state index is 4.21. The van der Waals surface area contributed by atoms with E-state index in [2.05, 4.69) is 25.3 Å². The van der Waals surface area contributed by atoms with Crippen LogP contribution in [0.2, 0.25) is 0 Å². The van der Waals surface area contributed by atoms with Crippen molar-refractivity contribution in [2.24, 2.45) is 0 Å². The van der Waals surface area contributed by atoms with Gasteiger partial charge in [0.05, 0.1) is 6.33 Å². The van der Waals surface area contributed by atoms with Crippen LogP contribution in [0, 0.1) is 0 Å². The van der Waals surface area contributed by atoms with Crippen molar-refractivity contribution in [3.8, 4) is 0 Å². The molecule has 3 rings (SSSR count). The zero-order valence-corrected chi connectivity index (χ0v) is 7.70. The highest BCUT2D eigenvalue weighted by Gasteiger charge is 2.18. The van der Waals surface area contributed by atoms with E-state index in [1.807, 2.05) is 0 Å². The average Bonchev–Trinajstić information content (AvgIpc) is 2.59. The first-order valence-electron chi connectivity index (χ1n) is 4.84. The zero-order valence-electron chi connectivity index (χ0n) is 7.70. The molecule has 72 valence electrons. The number of nitrogens with one attached hydrogen (secondary N) is 2. The van der Waals surface area contributed by atoms with Gasteiger partial charge in [-0.2, -0.15) is 0 Å². The lowest BCUT2D eigenvalue weighted by atomic mass is 9.93. The van der Waals surface area contributed by atoms with Crippen molar-refractivity contribution in [1.82, 2.24) is 19.9 Å². The van der Waals surface area contributed by atoms with Gasteiger partial charge in [-0.15, -0.1) is 0 Å². The molecule has 0 radical (unpaired) electrons. The summed E-state index contributed by atoms with van der Waals surface area (Å²) in [5.41, 5.74) is 1.63. The van der Waals surface area contributed by atoms with Gasteiger partial charge in [0.2, 0.25) is 0 Å². The number of hydrogen-bond donors (Lipinski definition) is 2. The van der Waals surface area contributed by atoms with Gasteiger partial charge in [0.1, 0.15) is 11.8 Å². The number of anilines is 1. The van der Waals surface area contributed by atoms with Crippen molar-refractivity contribution in [3.05, 3.63) is 12.7 Å². The molecular formula is C9H11N5. The summed E-state index contributed by atoms with van der Waals surface area (Å²) in [7, 11) is 0. The number of fused-ring (bicyclic) bond motifs is 1. The number of aromatic nitrogens is 4. The summed E-state index contributed by atoms with van der Waals surface area (Å²) < 4.78 is 0. The maximum absolute atomic E-state index is 4.21. The Bertz CT molecular complexity index is 445. The fraction of sp³-hybridized carbons (Fsp3) is 0.444. The van der Waals surface area contributed by atoms with E-state index in [1.165, 1.54) is 19.3 Å². The van der Waals surface area contributed by atoms with Crippen molar-refractivity contribution < 1.29 is 0 Å². The van der Waals surface area contributed by atoms with Crippen LogP contribution < -0.4 is 5.32 Å². The van der Waals surface area contributed by atoms with Crippen LogP contribution in [0.15, 0.2) is 12.7 Å². The minimum absolute atomic E-state index is 0.580. The summed E-state index contributed by atoms with van der Waals surface area (Å²) in [6.07, 6.45) is 6.98. The van der Waals surface area contributed by atoms with E-state index in [1.54, 1.807) is 12.7 Å². The molecule has 2 aromatic rings. The molecule has 2 aromatic heterocycles. The molecule has 0 saturated heterocycles. The maximum Gasteiger partial charge on any atom is 0.182 e. The minimum Gasteiger partial charge on any atom is -0.365 e. The number of rotatable bonds is 2. The van der Waals surface area contributed by atoms with Crippen LogP contribution in [0.5, 0.6) is 0 Å². The van der Waals surface area contributed by atoms with E-state index in [0.29, 0.717) is 6.04 Å². The molecule has 0 atom stereocenters. The van der Waals surface area contributed by atoms with Crippen LogP contribution in [-0.2, 0) is 0 Å². The average molecular weight is 189 g/mol. The van der Waals surface area contributed by atoms with Crippen LogP contribution in [0.4, 0.5) is 5.82 Å². The molecule has 2 heterocycles. The van der Waals surface area contributed by atoms with E-state index in [9.17, 15) is 0 Å². The molecule has 0 spiro atoms. The molecule has 14 heavy (non-hydrogen) atoms. The Morgan fingerprint density at radius 1 is 1.29 bits per heavy atom. The number of nitrogens with zero attached hydrogens (tertiary/aromatic N) is 3. The first kappa shape index (κ1) is 7.73. The van der Waals surface area contributed by atoms with Gasteiger partial charge < -0.3 is 10.3 Å². The molecule has 1 aliphatic rings. The molecule has 1 fully saturated rings. The second kappa shape index (κ2) is 2.94. The Kier molecular flexibility index (Phi) is 1.62. The Hall–Kier alpha value is -1.65. The summed E-state index contributed by atoms with van der Waals surface area (Å²) >= 11 is 0. The van der Waals surface area contributed by atoms with Gasteiger partial charge in [0.25, 0.3) is 0 Å². The molecule has 0 aliphatic heterocycles. The zero-order chi connectivity index (χ0) is 9.38. The largest absolute Gasteiger partial charge is 0.365 e. The molecule has 0 amide bonds. The van der Waals surface area contributed by atoms with Crippen molar-refractivity contribution in [2.45, 2.75) is 25.3 Å². The second-order valence-corrected chi connectivity index (χ2v) is 3.60. The Morgan fingerprint density at radius 2 is 2.21 bits per heavy atom. The third-order valence-corrected chi connectivity index (χ3v) is 2.67. The van der Waals surface area contributed by atoms with Crippen molar-refractivity contribution in [3.63, 3.8) is 0 Å². The molecule has 0 unspecified atom stereocenters. The molecule has 2 N–H and O–H groups in total. The smallest absolute Gasteiger partial charge is 0.182 e.